The first-order chi connectivity index (χ1) is 10.4. The Bertz CT molecular complexity index is 733. The highest BCUT2D eigenvalue weighted by atomic mass is 79.9. The minimum absolute atomic E-state index is 0.334. The van der Waals surface area contributed by atoms with Gasteiger partial charge in [-0.3, -0.25) is 0 Å². The molecule has 2 aromatic rings. The van der Waals surface area contributed by atoms with Crippen LogP contribution in [0, 0.1) is 6.92 Å². The Balaban J connectivity index is 2.50. The number of fused-ring (bicyclic) bond motifs is 1. The van der Waals surface area contributed by atoms with E-state index in [0.29, 0.717) is 32.5 Å². The predicted molar refractivity (Wildman–Crippen MR) is 82.1 cm³/mol. The van der Waals surface area contributed by atoms with E-state index >= 15 is 0 Å². The van der Waals surface area contributed by atoms with Crippen LogP contribution >= 0.6 is 15.9 Å². The van der Waals surface area contributed by atoms with Crippen LogP contribution in [0.2, 0.25) is 0 Å². The average Bonchev–Trinajstić information content (AvgIpc) is 2.80. The summed E-state index contributed by atoms with van der Waals surface area (Å²) in [4.78, 5) is 23.3. The summed E-state index contributed by atoms with van der Waals surface area (Å²) in [7, 11) is 2.59. The Morgan fingerprint density at radius 2 is 1.91 bits per heavy atom. The number of benzene rings is 1. The summed E-state index contributed by atoms with van der Waals surface area (Å²) in [5.74, 6) is -0.141. The van der Waals surface area contributed by atoms with Crippen LogP contribution < -0.4 is 4.74 Å². The maximum atomic E-state index is 11.9. The van der Waals surface area contributed by atoms with Crippen LogP contribution in [0.15, 0.2) is 21.0 Å². The average molecular weight is 371 g/mol. The van der Waals surface area contributed by atoms with Crippen molar-refractivity contribution in [1.29, 1.82) is 0 Å². The summed E-state index contributed by atoms with van der Waals surface area (Å²) in [6, 6.07) is 3.30. The normalized spacial score (nSPS) is 12.0. The minimum atomic E-state index is -0.784. The van der Waals surface area contributed by atoms with Crippen molar-refractivity contribution in [3.05, 3.63) is 27.9 Å². The van der Waals surface area contributed by atoms with Crippen molar-refractivity contribution >= 4 is 38.8 Å². The van der Waals surface area contributed by atoms with E-state index in [-0.39, 0.29) is 0 Å². The van der Waals surface area contributed by atoms with E-state index in [1.807, 2.05) is 0 Å². The number of carbonyl (C=O) groups excluding carboxylic acids is 2. The topological polar surface area (TPSA) is 75.0 Å². The lowest BCUT2D eigenvalue weighted by Gasteiger charge is -2.13. The molecule has 0 fully saturated rings. The molecule has 0 amide bonds. The van der Waals surface area contributed by atoms with Crippen LogP contribution in [0.5, 0.6) is 5.75 Å². The zero-order valence-corrected chi connectivity index (χ0v) is 14.1. The Kier molecular flexibility index (Phi) is 4.75. The van der Waals surface area contributed by atoms with E-state index in [1.54, 1.807) is 26.0 Å². The van der Waals surface area contributed by atoms with Gasteiger partial charge in [0.15, 0.2) is 6.10 Å². The van der Waals surface area contributed by atoms with Crippen LogP contribution in [0.3, 0.4) is 0 Å². The summed E-state index contributed by atoms with van der Waals surface area (Å²) >= 11 is 3.35. The molecule has 2 rings (SSSR count). The van der Waals surface area contributed by atoms with Gasteiger partial charge < -0.3 is 18.6 Å². The fraction of sp³-hybridized carbons (Fsp3) is 0.333. The number of halogens is 1. The standard InChI is InChI=1S/C15H15BrO6/c1-7-13(15(18)20-4)9-5-12(10(16)6-11(9)21-7)22-8(2)14(17)19-3/h5-6,8H,1-4H3/t8-/m1/s1. The third-order valence-electron chi connectivity index (χ3n) is 3.14. The van der Waals surface area contributed by atoms with Crippen molar-refractivity contribution in [2.24, 2.45) is 0 Å². The number of rotatable bonds is 4. The molecule has 6 nitrogen and oxygen atoms in total. The van der Waals surface area contributed by atoms with Crippen LogP contribution in [-0.2, 0) is 14.3 Å². The molecule has 0 bridgehead atoms. The lowest BCUT2D eigenvalue weighted by molar-refractivity contribution is -0.147. The maximum absolute atomic E-state index is 11.9. The van der Waals surface area contributed by atoms with Crippen molar-refractivity contribution in [3.63, 3.8) is 0 Å². The van der Waals surface area contributed by atoms with E-state index in [9.17, 15) is 9.59 Å². The van der Waals surface area contributed by atoms with E-state index in [2.05, 4.69) is 20.7 Å². The number of hydrogen-bond donors (Lipinski definition) is 0. The number of methoxy groups -OCH3 is 2. The van der Waals surface area contributed by atoms with Crippen molar-refractivity contribution < 1.29 is 28.2 Å². The first-order valence-corrected chi connectivity index (χ1v) is 7.23. The highest BCUT2D eigenvalue weighted by Gasteiger charge is 2.22. The fourth-order valence-corrected chi connectivity index (χ4v) is 2.49. The van der Waals surface area contributed by atoms with Crippen molar-refractivity contribution in [3.8, 4) is 5.75 Å². The number of ether oxygens (including phenoxy) is 3. The molecule has 1 aromatic heterocycles. The lowest BCUT2D eigenvalue weighted by Crippen LogP contribution is -2.25. The molecule has 0 N–H and O–H groups in total. The molecular weight excluding hydrogens is 356 g/mol. The molecule has 0 aliphatic carbocycles. The van der Waals surface area contributed by atoms with Gasteiger partial charge >= 0.3 is 11.9 Å². The largest absolute Gasteiger partial charge is 0.478 e. The van der Waals surface area contributed by atoms with E-state index in [1.165, 1.54) is 14.2 Å². The maximum Gasteiger partial charge on any atom is 0.346 e. The zero-order valence-electron chi connectivity index (χ0n) is 12.6. The Labute approximate surface area is 135 Å². The minimum Gasteiger partial charge on any atom is -0.478 e. The molecule has 0 saturated heterocycles. The lowest BCUT2D eigenvalue weighted by atomic mass is 10.1. The first-order valence-electron chi connectivity index (χ1n) is 6.44. The molecule has 7 heteroatoms. The molecule has 0 saturated carbocycles. The molecule has 22 heavy (non-hydrogen) atoms. The number of aryl methyl sites for hydroxylation is 1. The fourth-order valence-electron chi connectivity index (χ4n) is 2.07. The van der Waals surface area contributed by atoms with Crippen LogP contribution in [0.4, 0.5) is 0 Å². The summed E-state index contributed by atoms with van der Waals surface area (Å²) in [6.45, 7) is 3.25. The molecule has 0 aliphatic rings. The van der Waals surface area contributed by atoms with Gasteiger partial charge in [0.2, 0.25) is 0 Å². The van der Waals surface area contributed by atoms with Gasteiger partial charge in [-0.05, 0) is 41.9 Å². The third kappa shape index (κ3) is 2.94. The second-order valence-electron chi connectivity index (χ2n) is 4.59. The Morgan fingerprint density at radius 1 is 1.23 bits per heavy atom. The van der Waals surface area contributed by atoms with Gasteiger partial charge in [-0.2, -0.15) is 0 Å². The van der Waals surface area contributed by atoms with Crippen molar-refractivity contribution in [2.75, 3.05) is 14.2 Å². The van der Waals surface area contributed by atoms with Crippen molar-refractivity contribution in [2.45, 2.75) is 20.0 Å². The number of carbonyl (C=O) groups is 2. The van der Waals surface area contributed by atoms with Gasteiger partial charge in [0.05, 0.1) is 18.7 Å². The Morgan fingerprint density at radius 3 is 2.50 bits per heavy atom. The highest BCUT2D eigenvalue weighted by molar-refractivity contribution is 9.10. The monoisotopic (exact) mass is 370 g/mol. The van der Waals surface area contributed by atoms with E-state index in [0.717, 1.165) is 0 Å². The van der Waals surface area contributed by atoms with E-state index in [4.69, 9.17) is 13.9 Å². The molecule has 0 aliphatic heterocycles. The molecule has 1 aromatic carbocycles. The third-order valence-corrected chi connectivity index (χ3v) is 3.76. The first kappa shape index (κ1) is 16.4. The van der Waals surface area contributed by atoms with Gasteiger partial charge in [-0.1, -0.05) is 0 Å². The van der Waals surface area contributed by atoms with Gasteiger partial charge in [-0.15, -0.1) is 0 Å². The summed E-state index contributed by atoms with van der Waals surface area (Å²) in [5.41, 5.74) is 0.850. The smallest absolute Gasteiger partial charge is 0.346 e. The predicted octanol–water partition coefficient (Wildman–Crippen LogP) is 3.23. The molecule has 1 atom stereocenters. The van der Waals surface area contributed by atoms with Gasteiger partial charge in [0.1, 0.15) is 22.7 Å². The van der Waals surface area contributed by atoms with Gasteiger partial charge in [0, 0.05) is 5.39 Å². The SMILES string of the molecule is COC(=O)c1c(C)oc2cc(Br)c(O[C@H](C)C(=O)OC)cc12. The van der Waals surface area contributed by atoms with E-state index < -0.39 is 18.0 Å². The second kappa shape index (κ2) is 6.39. The number of esters is 2. The van der Waals surface area contributed by atoms with Crippen LogP contribution in [0.1, 0.15) is 23.0 Å². The Hall–Kier alpha value is -2.02. The van der Waals surface area contributed by atoms with Gasteiger partial charge in [0.25, 0.3) is 0 Å². The number of hydrogen-bond acceptors (Lipinski definition) is 6. The zero-order chi connectivity index (χ0) is 16.4. The van der Waals surface area contributed by atoms with Crippen LogP contribution in [-0.4, -0.2) is 32.3 Å². The molecule has 118 valence electrons. The molecule has 0 unspecified atom stereocenters. The molecule has 1 heterocycles. The summed E-state index contributed by atoms with van der Waals surface area (Å²) in [6.07, 6.45) is -0.784. The van der Waals surface area contributed by atoms with Crippen molar-refractivity contribution in [1.82, 2.24) is 0 Å². The number of furan rings is 1. The molecule has 0 radical (unpaired) electrons. The van der Waals surface area contributed by atoms with Crippen LogP contribution in [0.25, 0.3) is 11.0 Å². The highest BCUT2D eigenvalue weighted by Crippen LogP contribution is 2.35. The second-order valence-corrected chi connectivity index (χ2v) is 5.44. The molecular formula is C15H15BrO6. The summed E-state index contributed by atoms with van der Waals surface area (Å²) in [5, 5.41) is 0.555. The molecule has 0 spiro atoms. The summed E-state index contributed by atoms with van der Waals surface area (Å²) < 4.78 is 21.1. The quantitative estimate of drug-likeness (QED) is 0.769. The van der Waals surface area contributed by atoms with Gasteiger partial charge in [-0.25, -0.2) is 9.59 Å².